The molecule has 1 amide bonds. The molecule has 2 rings (SSSR count). The minimum Gasteiger partial charge on any atom is -0.465 e. The maximum Gasteiger partial charge on any atom is 0.337 e. The minimum absolute atomic E-state index is 0.0499. The van der Waals surface area contributed by atoms with Crippen LogP contribution in [0, 0.1) is 13.8 Å². The predicted molar refractivity (Wildman–Crippen MR) is 95.8 cm³/mol. The smallest absolute Gasteiger partial charge is 0.337 e. The van der Waals surface area contributed by atoms with Crippen molar-refractivity contribution >= 4 is 34.9 Å². The highest BCUT2D eigenvalue weighted by atomic mass is 35.5. The van der Waals surface area contributed by atoms with Gasteiger partial charge >= 0.3 is 5.97 Å². The van der Waals surface area contributed by atoms with Gasteiger partial charge in [0, 0.05) is 5.69 Å². The van der Waals surface area contributed by atoms with Crippen LogP contribution in [-0.2, 0) is 9.53 Å². The number of ether oxygens (including phenoxy) is 1. The summed E-state index contributed by atoms with van der Waals surface area (Å²) in [5, 5.41) is 6.28. The van der Waals surface area contributed by atoms with Crippen molar-refractivity contribution in [2.75, 3.05) is 24.3 Å². The minimum atomic E-state index is -0.426. The summed E-state index contributed by atoms with van der Waals surface area (Å²) in [5.41, 5.74) is 3.62. The Bertz CT molecular complexity index is 752. The number of halogens is 1. The number of nitrogens with one attached hydrogen (secondary N) is 2. The fraction of sp³-hybridized carbons (Fsp3) is 0.222. The van der Waals surface area contributed by atoms with E-state index in [-0.39, 0.29) is 12.5 Å². The second-order valence-electron chi connectivity index (χ2n) is 5.41. The molecule has 2 N–H and O–H groups in total. The van der Waals surface area contributed by atoms with E-state index < -0.39 is 5.97 Å². The standard InChI is InChI=1S/C18H19ClN2O3/c1-11-7-12(2)17(15(19)8-11)21-16(22)10-20-14-6-4-5-13(9-14)18(23)24-3/h4-9,20H,10H2,1-3H3,(H,21,22). The average Bonchev–Trinajstić information content (AvgIpc) is 2.55. The summed E-state index contributed by atoms with van der Waals surface area (Å²) in [5.74, 6) is -0.655. The third kappa shape index (κ3) is 4.49. The van der Waals surface area contributed by atoms with Crippen molar-refractivity contribution in [3.05, 3.63) is 58.1 Å². The molecule has 0 aliphatic rings. The van der Waals surface area contributed by atoms with Gasteiger partial charge in [-0.25, -0.2) is 4.79 Å². The molecule has 0 atom stereocenters. The molecule has 126 valence electrons. The molecule has 0 aliphatic carbocycles. The van der Waals surface area contributed by atoms with Gasteiger partial charge in [-0.05, 0) is 49.2 Å². The Morgan fingerprint density at radius 2 is 1.92 bits per heavy atom. The molecule has 0 unspecified atom stereocenters. The number of hydrogen-bond donors (Lipinski definition) is 2. The van der Waals surface area contributed by atoms with Crippen molar-refractivity contribution in [1.29, 1.82) is 0 Å². The molecule has 2 aromatic rings. The van der Waals surface area contributed by atoms with E-state index in [2.05, 4.69) is 15.4 Å². The molecule has 0 saturated heterocycles. The molecule has 2 aromatic carbocycles. The van der Waals surface area contributed by atoms with Gasteiger partial charge in [-0.3, -0.25) is 4.79 Å². The molecule has 5 nitrogen and oxygen atoms in total. The SMILES string of the molecule is COC(=O)c1cccc(NCC(=O)Nc2c(C)cc(C)cc2Cl)c1. The molecule has 0 fully saturated rings. The summed E-state index contributed by atoms with van der Waals surface area (Å²) < 4.78 is 4.67. The summed E-state index contributed by atoms with van der Waals surface area (Å²) in [6.45, 7) is 3.89. The van der Waals surface area contributed by atoms with Crippen LogP contribution in [0.1, 0.15) is 21.5 Å². The number of aryl methyl sites for hydroxylation is 2. The normalized spacial score (nSPS) is 10.2. The monoisotopic (exact) mass is 346 g/mol. The fourth-order valence-corrected chi connectivity index (χ4v) is 2.68. The third-order valence-electron chi connectivity index (χ3n) is 3.43. The Morgan fingerprint density at radius 3 is 2.58 bits per heavy atom. The summed E-state index contributed by atoms with van der Waals surface area (Å²) in [6, 6.07) is 10.5. The topological polar surface area (TPSA) is 67.4 Å². The summed E-state index contributed by atoms with van der Waals surface area (Å²) in [6.07, 6.45) is 0. The second-order valence-corrected chi connectivity index (χ2v) is 5.82. The van der Waals surface area contributed by atoms with Gasteiger partial charge in [0.2, 0.25) is 5.91 Å². The van der Waals surface area contributed by atoms with E-state index in [1.54, 1.807) is 30.3 Å². The largest absolute Gasteiger partial charge is 0.465 e. The van der Waals surface area contributed by atoms with Crippen LogP contribution in [0.3, 0.4) is 0 Å². The van der Waals surface area contributed by atoms with Crippen LogP contribution in [0.5, 0.6) is 0 Å². The highest BCUT2D eigenvalue weighted by molar-refractivity contribution is 6.34. The van der Waals surface area contributed by atoms with E-state index >= 15 is 0 Å². The first-order valence-electron chi connectivity index (χ1n) is 7.39. The van der Waals surface area contributed by atoms with Crippen LogP contribution >= 0.6 is 11.6 Å². The number of carbonyl (C=O) groups excluding carboxylic acids is 2. The highest BCUT2D eigenvalue weighted by Crippen LogP contribution is 2.27. The lowest BCUT2D eigenvalue weighted by atomic mass is 10.1. The molecule has 0 bridgehead atoms. The lowest BCUT2D eigenvalue weighted by Crippen LogP contribution is -2.22. The number of amides is 1. The fourth-order valence-electron chi connectivity index (χ4n) is 2.31. The Balaban J connectivity index is 2.00. The van der Waals surface area contributed by atoms with E-state index in [9.17, 15) is 9.59 Å². The zero-order chi connectivity index (χ0) is 17.7. The van der Waals surface area contributed by atoms with E-state index in [0.717, 1.165) is 11.1 Å². The quantitative estimate of drug-likeness (QED) is 0.808. The number of rotatable bonds is 5. The number of methoxy groups -OCH3 is 1. The average molecular weight is 347 g/mol. The van der Waals surface area contributed by atoms with Crippen molar-refractivity contribution in [3.63, 3.8) is 0 Å². The molecule has 0 aliphatic heterocycles. The first-order valence-corrected chi connectivity index (χ1v) is 7.77. The van der Waals surface area contributed by atoms with E-state index in [4.69, 9.17) is 11.6 Å². The van der Waals surface area contributed by atoms with Crippen molar-refractivity contribution in [3.8, 4) is 0 Å². The first kappa shape index (κ1) is 17.8. The maximum atomic E-state index is 12.1. The van der Waals surface area contributed by atoms with Gasteiger partial charge in [-0.15, -0.1) is 0 Å². The van der Waals surface area contributed by atoms with Gasteiger partial charge < -0.3 is 15.4 Å². The number of hydrogen-bond acceptors (Lipinski definition) is 4. The van der Waals surface area contributed by atoms with Crippen molar-refractivity contribution in [2.24, 2.45) is 0 Å². The van der Waals surface area contributed by atoms with Gasteiger partial charge in [0.25, 0.3) is 0 Å². The van der Waals surface area contributed by atoms with Crippen LogP contribution in [-0.4, -0.2) is 25.5 Å². The Labute approximate surface area is 146 Å². The maximum absolute atomic E-state index is 12.1. The van der Waals surface area contributed by atoms with Crippen molar-refractivity contribution in [2.45, 2.75) is 13.8 Å². The van der Waals surface area contributed by atoms with Crippen LogP contribution in [0.4, 0.5) is 11.4 Å². The lowest BCUT2D eigenvalue weighted by Gasteiger charge is -2.12. The van der Waals surface area contributed by atoms with Gasteiger partial charge in [-0.1, -0.05) is 23.7 Å². The van der Waals surface area contributed by atoms with Crippen molar-refractivity contribution < 1.29 is 14.3 Å². The zero-order valence-corrected chi connectivity index (χ0v) is 14.5. The lowest BCUT2D eigenvalue weighted by molar-refractivity contribution is -0.114. The first-order chi connectivity index (χ1) is 11.4. The third-order valence-corrected chi connectivity index (χ3v) is 3.73. The van der Waals surface area contributed by atoms with Crippen LogP contribution < -0.4 is 10.6 Å². The number of benzene rings is 2. The molecular weight excluding hydrogens is 328 g/mol. The molecule has 0 heterocycles. The zero-order valence-electron chi connectivity index (χ0n) is 13.8. The number of anilines is 2. The molecule has 0 radical (unpaired) electrons. The highest BCUT2D eigenvalue weighted by Gasteiger charge is 2.10. The van der Waals surface area contributed by atoms with Crippen LogP contribution in [0.15, 0.2) is 36.4 Å². The number of esters is 1. The molecular formula is C18H19ClN2O3. The van der Waals surface area contributed by atoms with E-state index in [0.29, 0.717) is 22.0 Å². The van der Waals surface area contributed by atoms with Gasteiger partial charge in [0.05, 0.1) is 29.9 Å². The van der Waals surface area contributed by atoms with Gasteiger partial charge in [0.1, 0.15) is 0 Å². The molecule has 0 saturated carbocycles. The number of carbonyl (C=O) groups is 2. The Morgan fingerprint density at radius 1 is 1.17 bits per heavy atom. The van der Waals surface area contributed by atoms with Crippen LogP contribution in [0.25, 0.3) is 0 Å². The van der Waals surface area contributed by atoms with Crippen LogP contribution in [0.2, 0.25) is 5.02 Å². The van der Waals surface area contributed by atoms with Crippen molar-refractivity contribution in [1.82, 2.24) is 0 Å². The summed E-state index contributed by atoms with van der Waals surface area (Å²) >= 11 is 6.18. The molecule has 24 heavy (non-hydrogen) atoms. The van der Waals surface area contributed by atoms with Gasteiger partial charge in [-0.2, -0.15) is 0 Å². The summed E-state index contributed by atoms with van der Waals surface area (Å²) in [4.78, 5) is 23.6. The Hall–Kier alpha value is -2.53. The molecule has 0 aromatic heterocycles. The molecule has 0 spiro atoms. The van der Waals surface area contributed by atoms with E-state index in [1.165, 1.54) is 7.11 Å². The Kier molecular flexibility index (Phi) is 5.82. The second kappa shape index (κ2) is 7.84. The summed E-state index contributed by atoms with van der Waals surface area (Å²) in [7, 11) is 1.32. The molecule has 6 heteroatoms. The van der Waals surface area contributed by atoms with Gasteiger partial charge in [0.15, 0.2) is 0 Å². The van der Waals surface area contributed by atoms with E-state index in [1.807, 2.05) is 19.9 Å². The predicted octanol–water partition coefficient (Wildman–Crippen LogP) is 3.79.